The monoisotopic (exact) mass is 295 g/mol. The first-order chi connectivity index (χ1) is 9.69. The van der Waals surface area contributed by atoms with Gasteiger partial charge in [-0.05, 0) is 32.2 Å². The lowest BCUT2D eigenvalue weighted by atomic mass is 10.0. The molecule has 4 heteroatoms. The minimum Gasteiger partial charge on any atom is -0.313 e. The summed E-state index contributed by atoms with van der Waals surface area (Å²) >= 11 is 1.83. The van der Waals surface area contributed by atoms with Crippen LogP contribution in [0.5, 0.6) is 0 Å². The second-order valence-electron chi connectivity index (χ2n) is 6.17. The summed E-state index contributed by atoms with van der Waals surface area (Å²) in [5, 5.41) is 7.16. The number of hydrogen-bond donors (Lipinski definition) is 1. The van der Waals surface area contributed by atoms with Crippen LogP contribution in [0.4, 0.5) is 0 Å². The van der Waals surface area contributed by atoms with Gasteiger partial charge in [-0.1, -0.05) is 27.2 Å². The quantitative estimate of drug-likeness (QED) is 0.835. The van der Waals surface area contributed by atoms with Crippen molar-refractivity contribution in [2.75, 3.05) is 13.1 Å². The van der Waals surface area contributed by atoms with Crippen LogP contribution in [0.1, 0.15) is 57.2 Å². The molecule has 20 heavy (non-hydrogen) atoms. The summed E-state index contributed by atoms with van der Waals surface area (Å²) in [5.41, 5.74) is 1.27. The van der Waals surface area contributed by atoms with Crippen molar-refractivity contribution in [1.29, 1.82) is 0 Å². The average Bonchev–Trinajstić information content (AvgIpc) is 2.85. The lowest BCUT2D eigenvalue weighted by Crippen LogP contribution is -2.46. The second kappa shape index (κ2) is 8.11. The Balaban J connectivity index is 1.89. The zero-order valence-corrected chi connectivity index (χ0v) is 14.0. The van der Waals surface area contributed by atoms with E-state index in [4.69, 9.17) is 4.98 Å². The molecule has 1 aromatic heterocycles. The van der Waals surface area contributed by atoms with E-state index in [1.165, 1.54) is 42.9 Å². The Morgan fingerprint density at radius 1 is 1.45 bits per heavy atom. The molecule has 1 unspecified atom stereocenters. The molecule has 0 saturated carbocycles. The van der Waals surface area contributed by atoms with Crippen LogP contribution in [0.2, 0.25) is 0 Å². The summed E-state index contributed by atoms with van der Waals surface area (Å²) in [6.45, 7) is 10.0. The van der Waals surface area contributed by atoms with E-state index in [-0.39, 0.29) is 0 Å². The molecule has 2 rings (SSSR count). The van der Waals surface area contributed by atoms with Gasteiger partial charge < -0.3 is 5.32 Å². The predicted octanol–water partition coefficient (Wildman–Crippen LogP) is 3.45. The molecule has 2 heterocycles. The number of piperidine rings is 1. The maximum atomic E-state index is 4.78. The Morgan fingerprint density at radius 2 is 2.30 bits per heavy atom. The van der Waals surface area contributed by atoms with Gasteiger partial charge in [0.15, 0.2) is 0 Å². The first-order valence-corrected chi connectivity index (χ1v) is 8.97. The fourth-order valence-corrected chi connectivity index (χ4v) is 3.72. The average molecular weight is 295 g/mol. The topological polar surface area (TPSA) is 28.2 Å². The molecule has 0 amide bonds. The number of likely N-dealkylation sites (tertiary alicyclic amines) is 1. The van der Waals surface area contributed by atoms with E-state index in [0.29, 0.717) is 12.1 Å². The van der Waals surface area contributed by atoms with Crippen LogP contribution in [0.3, 0.4) is 0 Å². The zero-order chi connectivity index (χ0) is 14.4. The molecule has 1 N–H and O–H groups in total. The Hall–Kier alpha value is -0.450. The summed E-state index contributed by atoms with van der Waals surface area (Å²) in [4.78, 5) is 7.41. The second-order valence-corrected chi connectivity index (χ2v) is 7.11. The summed E-state index contributed by atoms with van der Waals surface area (Å²) in [5.74, 6) is 0. The van der Waals surface area contributed by atoms with Crippen LogP contribution >= 0.6 is 11.3 Å². The molecular weight excluding hydrogens is 266 g/mol. The van der Waals surface area contributed by atoms with Gasteiger partial charge in [0.05, 0.1) is 10.7 Å². The van der Waals surface area contributed by atoms with E-state index >= 15 is 0 Å². The SMILES string of the molecule is CCCc1nc(CN2CCCCC2CNC(C)C)cs1. The highest BCUT2D eigenvalue weighted by molar-refractivity contribution is 7.09. The summed E-state index contributed by atoms with van der Waals surface area (Å²) in [6, 6.07) is 1.26. The number of thiazole rings is 1. The normalized spacial score (nSPS) is 20.7. The highest BCUT2D eigenvalue weighted by atomic mass is 32.1. The minimum atomic E-state index is 0.578. The summed E-state index contributed by atoms with van der Waals surface area (Å²) in [6.07, 6.45) is 6.36. The maximum Gasteiger partial charge on any atom is 0.0928 e. The molecule has 0 radical (unpaired) electrons. The van der Waals surface area contributed by atoms with Crippen LogP contribution in [0.15, 0.2) is 5.38 Å². The van der Waals surface area contributed by atoms with Gasteiger partial charge in [0.1, 0.15) is 0 Å². The molecule has 1 aromatic rings. The summed E-state index contributed by atoms with van der Waals surface area (Å²) < 4.78 is 0. The van der Waals surface area contributed by atoms with E-state index < -0.39 is 0 Å². The van der Waals surface area contributed by atoms with E-state index in [1.807, 2.05) is 11.3 Å². The van der Waals surface area contributed by atoms with Gasteiger partial charge in [-0.3, -0.25) is 4.90 Å². The van der Waals surface area contributed by atoms with Crippen molar-refractivity contribution in [2.24, 2.45) is 0 Å². The fourth-order valence-electron chi connectivity index (χ4n) is 2.83. The van der Waals surface area contributed by atoms with E-state index in [2.05, 4.69) is 36.4 Å². The Labute approximate surface area is 127 Å². The Bertz CT molecular complexity index is 389. The number of aryl methyl sites for hydroxylation is 1. The van der Waals surface area contributed by atoms with Gasteiger partial charge in [-0.15, -0.1) is 11.3 Å². The number of nitrogens with zero attached hydrogens (tertiary/aromatic N) is 2. The van der Waals surface area contributed by atoms with Crippen LogP contribution < -0.4 is 5.32 Å². The lowest BCUT2D eigenvalue weighted by Gasteiger charge is -2.35. The van der Waals surface area contributed by atoms with Gasteiger partial charge in [-0.2, -0.15) is 0 Å². The van der Waals surface area contributed by atoms with Crippen LogP contribution in [0.25, 0.3) is 0 Å². The number of nitrogens with one attached hydrogen (secondary N) is 1. The van der Waals surface area contributed by atoms with Crippen molar-refractivity contribution in [3.05, 3.63) is 16.1 Å². The van der Waals surface area contributed by atoms with Gasteiger partial charge in [0, 0.05) is 30.6 Å². The largest absolute Gasteiger partial charge is 0.313 e. The van der Waals surface area contributed by atoms with Crippen molar-refractivity contribution in [3.8, 4) is 0 Å². The van der Waals surface area contributed by atoms with Crippen molar-refractivity contribution >= 4 is 11.3 Å². The van der Waals surface area contributed by atoms with E-state index in [0.717, 1.165) is 19.5 Å². The minimum absolute atomic E-state index is 0.578. The molecule has 1 aliphatic rings. The highest BCUT2D eigenvalue weighted by Gasteiger charge is 2.23. The molecule has 1 aliphatic heterocycles. The Morgan fingerprint density at radius 3 is 3.05 bits per heavy atom. The van der Waals surface area contributed by atoms with Crippen LogP contribution in [0, 0.1) is 0 Å². The zero-order valence-electron chi connectivity index (χ0n) is 13.2. The molecule has 1 atom stereocenters. The molecular formula is C16H29N3S. The Kier molecular flexibility index (Phi) is 6.46. The van der Waals surface area contributed by atoms with Crippen LogP contribution in [-0.2, 0) is 13.0 Å². The molecule has 0 spiro atoms. The van der Waals surface area contributed by atoms with E-state index in [1.54, 1.807) is 0 Å². The molecule has 1 fully saturated rings. The van der Waals surface area contributed by atoms with Crippen molar-refractivity contribution in [3.63, 3.8) is 0 Å². The van der Waals surface area contributed by atoms with Crippen LogP contribution in [-0.4, -0.2) is 35.1 Å². The first kappa shape index (κ1) is 15.9. The van der Waals surface area contributed by atoms with Gasteiger partial charge in [0.2, 0.25) is 0 Å². The summed E-state index contributed by atoms with van der Waals surface area (Å²) in [7, 11) is 0. The predicted molar refractivity (Wildman–Crippen MR) is 87.3 cm³/mol. The van der Waals surface area contributed by atoms with Gasteiger partial charge in [-0.25, -0.2) is 4.98 Å². The smallest absolute Gasteiger partial charge is 0.0928 e. The number of rotatable bonds is 7. The standard InChI is InChI=1S/C16H29N3S/c1-4-7-16-18-14(12-20-16)11-19-9-6-5-8-15(19)10-17-13(2)3/h12-13,15,17H,4-11H2,1-3H3. The first-order valence-electron chi connectivity index (χ1n) is 8.09. The third-order valence-electron chi connectivity index (χ3n) is 3.94. The van der Waals surface area contributed by atoms with Crippen molar-refractivity contribution in [1.82, 2.24) is 15.2 Å². The van der Waals surface area contributed by atoms with E-state index in [9.17, 15) is 0 Å². The fraction of sp³-hybridized carbons (Fsp3) is 0.812. The molecule has 114 valence electrons. The lowest BCUT2D eigenvalue weighted by molar-refractivity contribution is 0.134. The molecule has 0 aliphatic carbocycles. The third-order valence-corrected chi connectivity index (χ3v) is 4.90. The molecule has 1 saturated heterocycles. The third kappa shape index (κ3) is 4.83. The van der Waals surface area contributed by atoms with Gasteiger partial charge in [0.25, 0.3) is 0 Å². The number of aromatic nitrogens is 1. The molecule has 0 bridgehead atoms. The molecule has 3 nitrogen and oxygen atoms in total. The number of hydrogen-bond acceptors (Lipinski definition) is 4. The highest BCUT2D eigenvalue weighted by Crippen LogP contribution is 2.20. The molecule has 0 aromatic carbocycles. The van der Waals surface area contributed by atoms with Gasteiger partial charge >= 0.3 is 0 Å². The maximum absolute atomic E-state index is 4.78. The van der Waals surface area contributed by atoms with Crippen molar-refractivity contribution < 1.29 is 0 Å². The van der Waals surface area contributed by atoms with Crippen molar-refractivity contribution in [2.45, 2.75) is 71.5 Å².